The van der Waals surface area contributed by atoms with E-state index < -0.39 is 0 Å². The van der Waals surface area contributed by atoms with Gasteiger partial charge in [-0.2, -0.15) is 0 Å². The summed E-state index contributed by atoms with van der Waals surface area (Å²) in [5.41, 5.74) is 8.54. The summed E-state index contributed by atoms with van der Waals surface area (Å²) < 4.78 is 0. The smallest absolute Gasteiger partial charge is 0.0384 e. The Kier molecular flexibility index (Phi) is 3.86. The molecule has 0 saturated carbocycles. The number of hydrogen-bond acceptors (Lipinski definition) is 2. The molecule has 4 rings (SSSR count). The zero-order chi connectivity index (χ0) is 15.8. The van der Waals surface area contributed by atoms with Gasteiger partial charge in [0, 0.05) is 17.6 Å². The zero-order valence-electron chi connectivity index (χ0n) is 14.2. The molecule has 0 aliphatic carbocycles. The standard InChI is InChI=1S/C21H26N2/c1-14-6-3-7-16(15(14)2)17-8-4-9-20-21(17)18-11-13-22-12-5-10-19(18)23-20/h3-4,6-9,18-19,22-23H,5,10-13H2,1-2H3. The summed E-state index contributed by atoms with van der Waals surface area (Å²) >= 11 is 0. The van der Waals surface area contributed by atoms with Crippen LogP contribution in [0.4, 0.5) is 5.69 Å². The van der Waals surface area contributed by atoms with Crippen molar-refractivity contribution in [1.29, 1.82) is 0 Å². The number of hydrogen-bond donors (Lipinski definition) is 2. The van der Waals surface area contributed by atoms with Gasteiger partial charge >= 0.3 is 0 Å². The van der Waals surface area contributed by atoms with Crippen molar-refractivity contribution in [2.45, 2.75) is 45.1 Å². The van der Waals surface area contributed by atoms with Crippen molar-refractivity contribution < 1.29 is 0 Å². The predicted molar refractivity (Wildman–Crippen MR) is 98.2 cm³/mol. The van der Waals surface area contributed by atoms with Crippen molar-refractivity contribution in [2.75, 3.05) is 18.4 Å². The van der Waals surface area contributed by atoms with Gasteiger partial charge in [-0.15, -0.1) is 0 Å². The van der Waals surface area contributed by atoms with E-state index in [4.69, 9.17) is 0 Å². The third kappa shape index (κ3) is 2.55. The molecule has 0 bridgehead atoms. The molecular formula is C21H26N2. The highest BCUT2D eigenvalue weighted by atomic mass is 15.0. The summed E-state index contributed by atoms with van der Waals surface area (Å²) in [5.74, 6) is 0.633. The molecule has 23 heavy (non-hydrogen) atoms. The molecule has 2 aromatic carbocycles. The normalized spacial score (nSPS) is 23.4. The van der Waals surface area contributed by atoms with Crippen LogP contribution in [-0.2, 0) is 0 Å². The summed E-state index contributed by atoms with van der Waals surface area (Å²) in [4.78, 5) is 0. The van der Waals surface area contributed by atoms with E-state index in [2.05, 4.69) is 60.9 Å². The Morgan fingerprint density at radius 3 is 2.65 bits per heavy atom. The predicted octanol–water partition coefficient (Wildman–Crippen LogP) is 4.62. The van der Waals surface area contributed by atoms with Gasteiger partial charge in [-0.25, -0.2) is 0 Å². The highest BCUT2D eigenvalue weighted by Crippen LogP contribution is 2.46. The molecule has 0 amide bonds. The maximum absolute atomic E-state index is 3.82. The average Bonchev–Trinajstić information content (AvgIpc) is 2.87. The molecule has 1 fully saturated rings. The largest absolute Gasteiger partial charge is 0.381 e. The Balaban J connectivity index is 1.83. The van der Waals surface area contributed by atoms with Crippen molar-refractivity contribution in [1.82, 2.24) is 5.32 Å². The second-order valence-electron chi connectivity index (χ2n) is 7.05. The monoisotopic (exact) mass is 306 g/mol. The van der Waals surface area contributed by atoms with E-state index in [1.54, 1.807) is 5.56 Å². The van der Waals surface area contributed by atoms with Crippen LogP contribution in [0.3, 0.4) is 0 Å². The van der Waals surface area contributed by atoms with E-state index >= 15 is 0 Å². The van der Waals surface area contributed by atoms with Crippen molar-refractivity contribution in [3.63, 3.8) is 0 Å². The molecular weight excluding hydrogens is 280 g/mol. The maximum Gasteiger partial charge on any atom is 0.0384 e. The number of nitrogens with one attached hydrogen (secondary N) is 2. The van der Waals surface area contributed by atoms with Crippen LogP contribution in [0.15, 0.2) is 36.4 Å². The Bertz CT molecular complexity index is 720. The minimum atomic E-state index is 0.610. The van der Waals surface area contributed by atoms with E-state index in [-0.39, 0.29) is 0 Å². The number of anilines is 1. The summed E-state index contributed by atoms with van der Waals surface area (Å²) in [6, 6.07) is 14.1. The van der Waals surface area contributed by atoms with E-state index in [1.807, 2.05) is 0 Å². The van der Waals surface area contributed by atoms with Crippen LogP contribution in [0, 0.1) is 13.8 Å². The molecule has 2 heteroatoms. The highest BCUT2D eigenvalue weighted by molar-refractivity contribution is 5.79. The third-order valence-corrected chi connectivity index (χ3v) is 5.70. The Morgan fingerprint density at radius 1 is 0.913 bits per heavy atom. The third-order valence-electron chi connectivity index (χ3n) is 5.70. The van der Waals surface area contributed by atoms with Crippen LogP contribution in [-0.4, -0.2) is 19.1 Å². The van der Waals surface area contributed by atoms with Gasteiger partial charge in [0.05, 0.1) is 0 Å². The Morgan fingerprint density at radius 2 is 1.74 bits per heavy atom. The molecule has 1 saturated heterocycles. The van der Waals surface area contributed by atoms with E-state index in [0.29, 0.717) is 12.0 Å². The van der Waals surface area contributed by atoms with Crippen LogP contribution >= 0.6 is 0 Å². The second kappa shape index (κ2) is 6.01. The molecule has 120 valence electrons. The van der Waals surface area contributed by atoms with Gasteiger partial charge in [-0.3, -0.25) is 0 Å². The molecule has 0 radical (unpaired) electrons. The zero-order valence-corrected chi connectivity index (χ0v) is 14.2. The fourth-order valence-corrected chi connectivity index (χ4v) is 4.32. The number of benzene rings is 2. The molecule has 2 aromatic rings. The molecule has 2 N–H and O–H groups in total. The fourth-order valence-electron chi connectivity index (χ4n) is 4.32. The minimum absolute atomic E-state index is 0.610. The first-order valence-corrected chi connectivity index (χ1v) is 8.92. The quantitative estimate of drug-likeness (QED) is 0.803. The van der Waals surface area contributed by atoms with E-state index in [9.17, 15) is 0 Å². The maximum atomic E-state index is 3.82. The lowest BCUT2D eigenvalue weighted by atomic mass is 9.83. The summed E-state index contributed by atoms with van der Waals surface area (Å²) in [6.45, 7) is 6.75. The van der Waals surface area contributed by atoms with Crippen LogP contribution in [0.5, 0.6) is 0 Å². The molecule has 0 aromatic heterocycles. The molecule has 2 aliphatic heterocycles. The molecule has 2 nitrogen and oxygen atoms in total. The van der Waals surface area contributed by atoms with Crippen LogP contribution in [0.25, 0.3) is 11.1 Å². The molecule has 2 heterocycles. The topological polar surface area (TPSA) is 24.1 Å². The number of aryl methyl sites for hydroxylation is 1. The Hall–Kier alpha value is -1.80. The SMILES string of the molecule is Cc1cccc(-c2cccc3c2C2CCNCCCC2N3)c1C. The summed E-state index contributed by atoms with van der Waals surface area (Å²) in [6.07, 6.45) is 3.76. The van der Waals surface area contributed by atoms with Gasteiger partial charge in [0.1, 0.15) is 0 Å². The van der Waals surface area contributed by atoms with E-state index in [0.717, 1.165) is 13.1 Å². The van der Waals surface area contributed by atoms with Crippen molar-refractivity contribution in [3.05, 3.63) is 53.1 Å². The van der Waals surface area contributed by atoms with E-state index in [1.165, 1.54) is 47.2 Å². The highest BCUT2D eigenvalue weighted by Gasteiger charge is 2.34. The Labute approximate surface area is 139 Å². The summed E-state index contributed by atoms with van der Waals surface area (Å²) in [5, 5.41) is 7.40. The molecule has 2 aliphatic rings. The fraction of sp³-hybridized carbons (Fsp3) is 0.429. The number of fused-ring (bicyclic) bond motifs is 3. The lowest BCUT2D eigenvalue weighted by Gasteiger charge is -2.25. The molecule has 0 spiro atoms. The van der Waals surface area contributed by atoms with Crippen LogP contribution < -0.4 is 10.6 Å². The number of rotatable bonds is 1. The van der Waals surface area contributed by atoms with Crippen LogP contribution in [0.1, 0.15) is 41.9 Å². The van der Waals surface area contributed by atoms with Gasteiger partial charge in [0.25, 0.3) is 0 Å². The first-order chi connectivity index (χ1) is 11.3. The lowest BCUT2D eigenvalue weighted by molar-refractivity contribution is 0.449. The minimum Gasteiger partial charge on any atom is -0.381 e. The lowest BCUT2D eigenvalue weighted by Crippen LogP contribution is -2.29. The molecule has 2 unspecified atom stereocenters. The first-order valence-electron chi connectivity index (χ1n) is 8.92. The van der Waals surface area contributed by atoms with Crippen molar-refractivity contribution >= 4 is 5.69 Å². The van der Waals surface area contributed by atoms with Crippen molar-refractivity contribution in [3.8, 4) is 11.1 Å². The van der Waals surface area contributed by atoms with Gasteiger partial charge in [-0.05, 0) is 80.1 Å². The first kappa shape index (κ1) is 14.8. The average molecular weight is 306 g/mol. The summed E-state index contributed by atoms with van der Waals surface area (Å²) in [7, 11) is 0. The van der Waals surface area contributed by atoms with Gasteiger partial charge < -0.3 is 10.6 Å². The van der Waals surface area contributed by atoms with Crippen molar-refractivity contribution in [2.24, 2.45) is 0 Å². The van der Waals surface area contributed by atoms with Gasteiger partial charge in [0.2, 0.25) is 0 Å². The van der Waals surface area contributed by atoms with Gasteiger partial charge in [-0.1, -0.05) is 30.3 Å². The molecule has 2 atom stereocenters. The van der Waals surface area contributed by atoms with Crippen LogP contribution in [0.2, 0.25) is 0 Å². The second-order valence-corrected chi connectivity index (χ2v) is 7.05. The van der Waals surface area contributed by atoms with Gasteiger partial charge in [0.15, 0.2) is 0 Å².